The molecule has 0 atom stereocenters. The van der Waals surface area contributed by atoms with E-state index in [1.165, 1.54) is 0 Å². The van der Waals surface area contributed by atoms with Gasteiger partial charge in [-0.05, 0) is 35.4 Å². The van der Waals surface area contributed by atoms with Gasteiger partial charge in [0.15, 0.2) is 0 Å². The molecule has 116 valence electrons. The molecular formula is C19H14N4O. The predicted octanol–water partition coefficient (Wildman–Crippen LogP) is 2.56. The second kappa shape index (κ2) is 6.37. The standard InChI is InChI=1S/C19H14N4O/c20-11-15-1-5-17(6-2-15)19(24,13-23-10-9-22-14-23)18-7-3-16(12-21)4-8-18/h1-10,14,24H,13H2. The first-order chi connectivity index (χ1) is 11.7. The highest BCUT2D eigenvalue weighted by Crippen LogP contribution is 2.32. The third-order valence-electron chi connectivity index (χ3n) is 3.95. The van der Waals surface area contributed by atoms with Crippen molar-refractivity contribution in [3.63, 3.8) is 0 Å². The molecule has 3 rings (SSSR count). The topological polar surface area (TPSA) is 85.6 Å². The zero-order valence-corrected chi connectivity index (χ0v) is 12.8. The molecule has 0 fully saturated rings. The van der Waals surface area contributed by atoms with E-state index < -0.39 is 5.60 Å². The largest absolute Gasteiger partial charge is 0.378 e. The molecule has 0 saturated heterocycles. The van der Waals surface area contributed by atoms with Gasteiger partial charge in [-0.25, -0.2) is 4.98 Å². The molecule has 0 aliphatic rings. The van der Waals surface area contributed by atoms with Crippen LogP contribution >= 0.6 is 0 Å². The van der Waals surface area contributed by atoms with Gasteiger partial charge in [-0.3, -0.25) is 0 Å². The summed E-state index contributed by atoms with van der Waals surface area (Å²) in [6, 6.07) is 17.8. The summed E-state index contributed by atoms with van der Waals surface area (Å²) in [5.41, 5.74) is 1.09. The van der Waals surface area contributed by atoms with E-state index in [2.05, 4.69) is 17.1 Å². The second-order valence-corrected chi connectivity index (χ2v) is 5.47. The van der Waals surface area contributed by atoms with Crippen LogP contribution < -0.4 is 0 Å². The first kappa shape index (κ1) is 15.5. The SMILES string of the molecule is N#Cc1ccc(C(O)(Cn2ccnc2)c2ccc(C#N)cc2)cc1. The van der Waals surface area contributed by atoms with Gasteiger partial charge in [0.05, 0.1) is 36.1 Å². The lowest BCUT2D eigenvalue weighted by Gasteiger charge is -2.30. The van der Waals surface area contributed by atoms with E-state index in [1.54, 1.807) is 71.8 Å². The Morgan fingerprint density at radius 3 is 1.79 bits per heavy atom. The molecule has 3 aromatic rings. The van der Waals surface area contributed by atoms with Crippen LogP contribution in [0.4, 0.5) is 0 Å². The van der Waals surface area contributed by atoms with Gasteiger partial charge in [0.1, 0.15) is 5.60 Å². The molecule has 0 spiro atoms. The number of imidazole rings is 1. The smallest absolute Gasteiger partial charge is 0.132 e. The number of rotatable bonds is 4. The van der Waals surface area contributed by atoms with Crippen LogP contribution in [0.25, 0.3) is 0 Å². The summed E-state index contributed by atoms with van der Waals surface area (Å²) in [6.07, 6.45) is 5.06. The van der Waals surface area contributed by atoms with Gasteiger partial charge in [-0.2, -0.15) is 10.5 Å². The molecular weight excluding hydrogens is 300 g/mol. The fraction of sp³-hybridized carbons (Fsp3) is 0.105. The average molecular weight is 314 g/mol. The first-order valence-electron chi connectivity index (χ1n) is 7.35. The lowest BCUT2D eigenvalue weighted by molar-refractivity contribution is 0.0612. The summed E-state index contributed by atoms with van der Waals surface area (Å²) in [5, 5.41) is 29.4. The van der Waals surface area contributed by atoms with Crippen molar-refractivity contribution in [3.05, 3.63) is 89.5 Å². The Bertz CT molecular complexity index is 840. The summed E-state index contributed by atoms with van der Waals surface area (Å²) in [6.45, 7) is 0.269. The molecule has 2 aromatic carbocycles. The quantitative estimate of drug-likeness (QED) is 0.802. The molecule has 1 heterocycles. The predicted molar refractivity (Wildman–Crippen MR) is 87.5 cm³/mol. The van der Waals surface area contributed by atoms with Crippen molar-refractivity contribution in [3.8, 4) is 12.1 Å². The fourth-order valence-electron chi connectivity index (χ4n) is 2.63. The second-order valence-electron chi connectivity index (χ2n) is 5.47. The maximum absolute atomic E-state index is 11.4. The van der Waals surface area contributed by atoms with E-state index in [4.69, 9.17) is 10.5 Å². The Kier molecular flexibility index (Phi) is 4.11. The van der Waals surface area contributed by atoms with E-state index in [9.17, 15) is 5.11 Å². The van der Waals surface area contributed by atoms with Crippen molar-refractivity contribution in [1.29, 1.82) is 10.5 Å². The molecule has 0 aliphatic heterocycles. The molecule has 24 heavy (non-hydrogen) atoms. The van der Waals surface area contributed by atoms with E-state index in [-0.39, 0.29) is 6.54 Å². The molecule has 5 heteroatoms. The van der Waals surface area contributed by atoms with Gasteiger partial charge >= 0.3 is 0 Å². The number of hydrogen-bond acceptors (Lipinski definition) is 4. The molecule has 0 aliphatic carbocycles. The number of benzene rings is 2. The lowest BCUT2D eigenvalue weighted by Crippen LogP contribution is -2.32. The summed E-state index contributed by atoms with van der Waals surface area (Å²) >= 11 is 0. The maximum Gasteiger partial charge on any atom is 0.132 e. The van der Waals surface area contributed by atoms with Crippen molar-refractivity contribution in [2.24, 2.45) is 0 Å². The van der Waals surface area contributed by atoms with Crippen molar-refractivity contribution in [2.45, 2.75) is 12.1 Å². The molecule has 1 aromatic heterocycles. The van der Waals surface area contributed by atoms with Crippen LogP contribution in [0.5, 0.6) is 0 Å². The number of hydrogen-bond donors (Lipinski definition) is 1. The normalized spacial score (nSPS) is 10.8. The van der Waals surface area contributed by atoms with Crippen LogP contribution in [-0.2, 0) is 12.1 Å². The van der Waals surface area contributed by atoms with E-state index in [0.717, 1.165) is 0 Å². The van der Waals surface area contributed by atoms with Crippen LogP contribution in [0, 0.1) is 22.7 Å². The van der Waals surface area contributed by atoms with Crippen LogP contribution in [0.1, 0.15) is 22.3 Å². The zero-order chi connectivity index (χ0) is 17.0. The Morgan fingerprint density at radius 1 is 0.917 bits per heavy atom. The highest BCUT2D eigenvalue weighted by atomic mass is 16.3. The van der Waals surface area contributed by atoms with E-state index in [1.807, 2.05) is 0 Å². The van der Waals surface area contributed by atoms with Crippen LogP contribution in [0.2, 0.25) is 0 Å². The van der Waals surface area contributed by atoms with E-state index >= 15 is 0 Å². The minimum absolute atomic E-state index is 0.269. The minimum atomic E-state index is -1.30. The molecule has 1 N–H and O–H groups in total. The highest BCUT2D eigenvalue weighted by molar-refractivity contribution is 5.42. The van der Waals surface area contributed by atoms with Crippen molar-refractivity contribution in [1.82, 2.24) is 9.55 Å². The van der Waals surface area contributed by atoms with Crippen LogP contribution in [0.3, 0.4) is 0 Å². The number of nitrogens with zero attached hydrogens (tertiary/aromatic N) is 4. The maximum atomic E-state index is 11.4. The Morgan fingerprint density at radius 2 is 1.42 bits per heavy atom. The fourth-order valence-corrected chi connectivity index (χ4v) is 2.63. The van der Waals surface area contributed by atoms with Crippen molar-refractivity contribution in [2.75, 3.05) is 0 Å². The molecule has 0 amide bonds. The number of aromatic nitrogens is 2. The molecule has 5 nitrogen and oxygen atoms in total. The van der Waals surface area contributed by atoms with Gasteiger partial charge in [0.25, 0.3) is 0 Å². The van der Waals surface area contributed by atoms with Gasteiger partial charge in [-0.15, -0.1) is 0 Å². The van der Waals surface area contributed by atoms with Gasteiger partial charge < -0.3 is 9.67 Å². The van der Waals surface area contributed by atoms with Crippen molar-refractivity contribution >= 4 is 0 Å². The number of aliphatic hydroxyl groups is 1. The molecule has 0 bridgehead atoms. The van der Waals surface area contributed by atoms with Gasteiger partial charge in [0.2, 0.25) is 0 Å². The molecule has 0 unspecified atom stereocenters. The molecule has 0 saturated carbocycles. The monoisotopic (exact) mass is 314 g/mol. The third-order valence-corrected chi connectivity index (χ3v) is 3.95. The highest BCUT2D eigenvalue weighted by Gasteiger charge is 2.32. The van der Waals surface area contributed by atoms with Crippen molar-refractivity contribution < 1.29 is 5.11 Å². The van der Waals surface area contributed by atoms with E-state index in [0.29, 0.717) is 22.3 Å². The summed E-state index contributed by atoms with van der Waals surface area (Å²) in [4.78, 5) is 4.01. The molecule has 0 radical (unpaired) electrons. The van der Waals surface area contributed by atoms with Crippen LogP contribution in [-0.4, -0.2) is 14.7 Å². The van der Waals surface area contributed by atoms with Gasteiger partial charge in [0, 0.05) is 12.4 Å². The van der Waals surface area contributed by atoms with Gasteiger partial charge in [-0.1, -0.05) is 24.3 Å². The third kappa shape index (κ3) is 2.89. The summed E-state index contributed by atoms with van der Waals surface area (Å²) in [7, 11) is 0. The lowest BCUT2D eigenvalue weighted by atomic mass is 9.85. The zero-order valence-electron chi connectivity index (χ0n) is 12.8. The summed E-state index contributed by atoms with van der Waals surface area (Å²) < 4.78 is 1.79. The Labute approximate surface area is 139 Å². The first-order valence-corrected chi connectivity index (χ1v) is 7.35. The minimum Gasteiger partial charge on any atom is -0.378 e. The summed E-state index contributed by atoms with van der Waals surface area (Å²) in [5.74, 6) is 0. The Hall–Kier alpha value is -3.41. The van der Waals surface area contributed by atoms with Crippen LogP contribution in [0.15, 0.2) is 67.3 Å². The Balaban J connectivity index is 2.08. The average Bonchev–Trinajstić information content (AvgIpc) is 3.14. The number of nitriles is 2.